The second-order valence-electron chi connectivity index (χ2n) is 4.93. The van der Waals surface area contributed by atoms with Crippen molar-refractivity contribution in [2.45, 2.75) is 6.61 Å². The molecule has 0 unspecified atom stereocenters. The quantitative estimate of drug-likeness (QED) is 0.726. The number of para-hydroxylation sites is 1. The van der Waals surface area contributed by atoms with E-state index in [0.29, 0.717) is 23.1 Å². The van der Waals surface area contributed by atoms with Gasteiger partial charge < -0.3 is 14.2 Å². The SMILES string of the molecule is Clc1cc(COc2cccc3cccnc23)cc2c1OCO2. The Morgan fingerprint density at radius 3 is 3.00 bits per heavy atom. The maximum atomic E-state index is 6.18. The van der Waals surface area contributed by atoms with Gasteiger partial charge in [-0.3, -0.25) is 4.98 Å². The first kappa shape index (κ1) is 13.2. The summed E-state index contributed by atoms with van der Waals surface area (Å²) in [6, 6.07) is 13.5. The maximum absolute atomic E-state index is 6.18. The Balaban J connectivity index is 1.61. The van der Waals surface area contributed by atoms with Gasteiger partial charge in [-0.1, -0.05) is 29.8 Å². The fourth-order valence-corrected chi connectivity index (χ4v) is 2.75. The Morgan fingerprint density at radius 2 is 2.05 bits per heavy atom. The van der Waals surface area contributed by atoms with Crippen LogP contribution in [0.25, 0.3) is 10.9 Å². The molecule has 2 heterocycles. The van der Waals surface area contributed by atoms with Crippen LogP contribution in [0.15, 0.2) is 48.7 Å². The molecule has 2 aromatic carbocycles. The van der Waals surface area contributed by atoms with Crippen molar-refractivity contribution in [3.8, 4) is 17.2 Å². The molecular weight excluding hydrogens is 302 g/mol. The van der Waals surface area contributed by atoms with Crippen molar-refractivity contribution in [3.05, 3.63) is 59.2 Å². The molecule has 22 heavy (non-hydrogen) atoms. The van der Waals surface area contributed by atoms with Crippen LogP contribution < -0.4 is 14.2 Å². The summed E-state index contributed by atoms with van der Waals surface area (Å²) < 4.78 is 16.6. The summed E-state index contributed by atoms with van der Waals surface area (Å²) in [5.74, 6) is 1.99. The Labute approximate surface area is 132 Å². The highest BCUT2D eigenvalue weighted by atomic mass is 35.5. The van der Waals surface area contributed by atoms with E-state index in [4.69, 9.17) is 25.8 Å². The molecule has 0 saturated heterocycles. The van der Waals surface area contributed by atoms with Crippen LogP contribution in [0.5, 0.6) is 17.2 Å². The second-order valence-corrected chi connectivity index (χ2v) is 5.34. The molecule has 110 valence electrons. The van der Waals surface area contributed by atoms with Gasteiger partial charge in [0.05, 0.1) is 5.02 Å². The highest BCUT2D eigenvalue weighted by Gasteiger charge is 2.18. The summed E-state index contributed by atoms with van der Waals surface area (Å²) in [7, 11) is 0. The van der Waals surface area contributed by atoms with Gasteiger partial charge in [-0.2, -0.15) is 0 Å². The third kappa shape index (κ3) is 2.31. The van der Waals surface area contributed by atoms with Gasteiger partial charge in [-0.15, -0.1) is 0 Å². The van der Waals surface area contributed by atoms with E-state index in [1.165, 1.54) is 0 Å². The minimum absolute atomic E-state index is 0.201. The Kier molecular flexibility index (Phi) is 3.24. The highest BCUT2D eigenvalue weighted by molar-refractivity contribution is 6.32. The predicted molar refractivity (Wildman–Crippen MR) is 83.7 cm³/mol. The molecular formula is C17H12ClNO3. The van der Waals surface area contributed by atoms with Gasteiger partial charge >= 0.3 is 0 Å². The zero-order chi connectivity index (χ0) is 14.9. The first-order valence-corrected chi connectivity index (χ1v) is 7.23. The van der Waals surface area contributed by atoms with Crippen molar-refractivity contribution in [1.82, 2.24) is 4.98 Å². The number of hydrogen-bond donors (Lipinski definition) is 0. The third-order valence-electron chi connectivity index (χ3n) is 3.48. The van der Waals surface area contributed by atoms with Crippen molar-refractivity contribution in [3.63, 3.8) is 0 Å². The van der Waals surface area contributed by atoms with Crippen LogP contribution in [0.2, 0.25) is 5.02 Å². The molecule has 4 nitrogen and oxygen atoms in total. The fourth-order valence-electron chi connectivity index (χ4n) is 2.46. The molecule has 0 amide bonds. The smallest absolute Gasteiger partial charge is 0.231 e. The van der Waals surface area contributed by atoms with Crippen molar-refractivity contribution in [2.75, 3.05) is 6.79 Å². The lowest BCUT2D eigenvalue weighted by Crippen LogP contribution is -1.97. The summed E-state index contributed by atoms with van der Waals surface area (Å²) in [6.45, 7) is 0.582. The summed E-state index contributed by atoms with van der Waals surface area (Å²) in [4.78, 5) is 4.37. The topological polar surface area (TPSA) is 40.6 Å². The van der Waals surface area contributed by atoms with Gasteiger partial charge in [0.15, 0.2) is 11.5 Å². The van der Waals surface area contributed by atoms with E-state index < -0.39 is 0 Å². The average molecular weight is 314 g/mol. The van der Waals surface area contributed by atoms with Gasteiger partial charge in [0.2, 0.25) is 6.79 Å². The second kappa shape index (κ2) is 5.39. The van der Waals surface area contributed by atoms with Gasteiger partial charge in [0, 0.05) is 11.6 Å². The molecule has 4 rings (SSSR count). The number of benzene rings is 2. The number of ether oxygens (including phenoxy) is 3. The summed E-state index contributed by atoms with van der Waals surface area (Å²) in [5, 5.41) is 1.58. The van der Waals surface area contributed by atoms with Gasteiger partial charge in [-0.05, 0) is 29.8 Å². The summed E-state index contributed by atoms with van der Waals surface area (Å²) in [5.41, 5.74) is 1.76. The molecule has 1 aliphatic heterocycles. The van der Waals surface area contributed by atoms with Gasteiger partial charge in [0.25, 0.3) is 0 Å². The van der Waals surface area contributed by atoms with Crippen molar-refractivity contribution in [1.29, 1.82) is 0 Å². The molecule has 0 atom stereocenters. The van der Waals surface area contributed by atoms with Crippen molar-refractivity contribution >= 4 is 22.5 Å². The van der Waals surface area contributed by atoms with Crippen LogP contribution in [-0.4, -0.2) is 11.8 Å². The average Bonchev–Trinajstić information content (AvgIpc) is 3.02. The van der Waals surface area contributed by atoms with Crippen molar-refractivity contribution < 1.29 is 14.2 Å². The van der Waals surface area contributed by atoms with E-state index >= 15 is 0 Å². The largest absolute Gasteiger partial charge is 0.487 e. The van der Waals surface area contributed by atoms with Gasteiger partial charge in [0.1, 0.15) is 17.9 Å². The molecule has 1 aromatic heterocycles. The highest BCUT2D eigenvalue weighted by Crippen LogP contribution is 2.40. The van der Waals surface area contributed by atoms with Crippen LogP contribution in [0.3, 0.4) is 0 Å². The minimum atomic E-state index is 0.201. The molecule has 0 fully saturated rings. The zero-order valence-electron chi connectivity index (χ0n) is 11.6. The lowest BCUT2D eigenvalue weighted by molar-refractivity contribution is 0.174. The molecule has 0 bridgehead atoms. The Hall–Kier alpha value is -2.46. The maximum Gasteiger partial charge on any atom is 0.231 e. The van der Waals surface area contributed by atoms with Crippen LogP contribution >= 0.6 is 11.6 Å². The number of nitrogens with zero attached hydrogens (tertiary/aromatic N) is 1. The zero-order valence-corrected chi connectivity index (χ0v) is 12.3. The lowest BCUT2D eigenvalue weighted by Gasteiger charge is -2.09. The minimum Gasteiger partial charge on any atom is -0.487 e. The summed E-state index contributed by atoms with van der Waals surface area (Å²) >= 11 is 6.18. The molecule has 3 aromatic rings. The van der Waals surface area contributed by atoms with E-state index in [0.717, 1.165) is 22.2 Å². The van der Waals surface area contributed by atoms with E-state index in [1.54, 1.807) is 6.20 Å². The Bertz CT molecular complexity index is 845. The number of fused-ring (bicyclic) bond motifs is 2. The molecule has 0 radical (unpaired) electrons. The van der Waals surface area contributed by atoms with Crippen LogP contribution in [0.1, 0.15) is 5.56 Å². The monoisotopic (exact) mass is 313 g/mol. The van der Waals surface area contributed by atoms with E-state index in [-0.39, 0.29) is 6.79 Å². The fraction of sp³-hybridized carbons (Fsp3) is 0.118. The normalized spacial score (nSPS) is 12.6. The predicted octanol–water partition coefficient (Wildman–Crippen LogP) is 4.20. The molecule has 0 N–H and O–H groups in total. The number of pyridine rings is 1. The molecule has 0 spiro atoms. The molecule has 0 saturated carbocycles. The lowest BCUT2D eigenvalue weighted by atomic mass is 10.2. The number of aromatic nitrogens is 1. The van der Waals surface area contributed by atoms with Crippen molar-refractivity contribution in [2.24, 2.45) is 0 Å². The van der Waals surface area contributed by atoms with Crippen LogP contribution in [0.4, 0.5) is 0 Å². The summed E-state index contributed by atoms with van der Waals surface area (Å²) in [6.07, 6.45) is 1.76. The van der Waals surface area contributed by atoms with E-state index in [9.17, 15) is 0 Å². The first-order chi connectivity index (χ1) is 10.8. The number of hydrogen-bond acceptors (Lipinski definition) is 4. The number of rotatable bonds is 3. The van der Waals surface area contributed by atoms with E-state index in [2.05, 4.69) is 4.98 Å². The Morgan fingerprint density at radius 1 is 1.14 bits per heavy atom. The van der Waals surface area contributed by atoms with E-state index in [1.807, 2.05) is 42.5 Å². The standard InChI is InChI=1S/C17H12ClNO3/c18-13-7-11(8-15-17(13)22-10-21-15)9-20-14-5-1-3-12-4-2-6-19-16(12)14/h1-8H,9-10H2. The molecule has 0 aliphatic carbocycles. The van der Waals surface area contributed by atoms with Crippen LogP contribution in [0, 0.1) is 0 Å². The van der Waals surface area contributed by atoms with Gasteiger partial charge in [-0.25, -0.2) is 0 Å². The number of halogens is 1. The first-order valence-electron chi connectivity index (χ1n) is 6.86. The molecule has 5 heteroatoms. The third-order valence-corrected chi connectivity index (χ3v) is 3.76. The van der Waals surface area contributed by atoms with Crippen LogP contribution in [-0.2, 0) is 6.61 Å². The molecule has 1 aliphatic rings.